The number of benzene rings is 4. The summed E-state index contributed by atoms with van der Waals surface area (Å²) in [5, 5.41) is 3.56. The number of halogens is 2. The minimum Gasteiger partial charge on any atom is -0.457 e. The number of hydrogen-bond acceptors (Lipinski definition) is 5. The molecule has 11 heteroatoms. The third-order valence-electron chi connectivity index (χ3n) is 7.06. The van der Waals surface area contributed by atoms with Crippen LogP contribution in [0.5, 0.6) is 11.5 Å². The first kappa shape index (κ1) is 33.8. The van der Waals surface area contributed by atoms with Gasteiger partial charge in [0.15, 0.2) is 0 Å². The highest BCUT2D eigenvalue weighted by Crippen LogP contribution is 2.29. The summed E-state index contributed by atoms with van der Waals surface area (Å²) >= 11 is 12.5. The minimum absolute atomic E-state index is 0.0199. The van der Waals surface area contributed by atoms with Gasteiger partial charge in [0.25, 0.3) is 10.0 Å². The van der Waals surface area contributed by atoms with Crippen LogP contribution in [0.1, 0.15) is 31.4 Å². The Morgan fingerprint density at radius 2 is 1.53 bits per heavy atom. The quantitative estimate of drug-likeness (QED) is 0.162. The summed E-state index contributed by atoms with van der Waals surface area (Å²) in [4.78, 5) is 28.5. The van der Waals surface area contributed by atoms with Crippen molar-refractivity contribution in [3.8, 4) is 11.5 Å². The smallest absolute Gasteiger partial charge is 0.264 e. The van der Waals surface area contributed by atoms with Crippen LogP contribution in [0.2, 0.25) is 10.0 Å². The van der Waals surface area contributed by atoms with Crippen LogP contribution in [0, 0.1) is 6.92 Å². The highest BCUT2D eigenvalue weighted by Gasteiger charge is 2.33. The Labute approximate surface area is 274 Å². The molecule has 45 heavy (non-hydrogen) atoms. The van der Waals surface area contributed by atoms with E-state index in [2.05, 4.69) is 5.32 Å². The lowest BCUT2D eigenvalue weighted by Gasteiger charge is -2.32. The number of carbonyl (C=O) groups excluding carboxylic acids is 2. The van der Waals surface area contributed by atoms with E-state index >= 15 is 0 Å². The fourth-order valence-electron chi connectivity index (χ4n) is 4.48. The second kappa shape index (κ2) is 15.3. The van der Waals surface area contributed by atoms with E-state index in [1.165, 1.54) is 17.0 Å². The molecule has 0 heterocycles. The van der Waals surface area contributed by atoms with Crippen LogP contribution >= 0.6 is 23.2 Å². The fraction of sp³-hybridized carbons (Fsp3) is 0.235. The molecule has 0 aliphatic heterocycles. The molecule has 1 atom stereocenters. The van der Waals surface area contributed by atoms with Gasteiger partial charge in [0, 0.05) is 23.1 Å². The lowest BCUT2D eigenvalue weighted by Crippen LogP contribution is -2.51. The Morgan fingerprint density at radius 1 is 0.889 bits per heavy atom. The van der Waals surface area contributed by atoms with Gasteiger partial charge >= 0.3 is 0 Å². The Hall–Kier alpha value is -4.05. The van der Waals surface area contributed by atoms with E-state index in [9.17, 15) is 18.0 Å². The van der Waals surface area contributed by atoms with E-state index in [-0.39, 0.29) is 23.0 Å². The number of sulfonamides is 1. The number of aryl methyl sites for hydroxylation is 1. The number of rotatable bonds is 13. The molecule has 0 saturated heterocycles. The van der Waals surface area contributed by atoms with Crippen LogP contribution in [0.15, 0.2) is 102 Å². The van der Waals surface area contributed by atoms with Crippen LogP contribution in [0.25, 0.3) is 0 Å². The zero-order valence-corrected chi connectivity index (χ0v) is 27.6. The summed E-state index contributed by atoms with van der Waals surface area (Å²) in [6.45, 7) is 5.18. The number of amides is 2. The summed E-state index contributed by atoms with van der Waals surface area (Å²) in [6.07, 6.45) is 0.710. The predicted molar refractivity (Wildman–Crippen MR) is 178 cm³/mol. The molecule has 8 nitrogen and oxygen atoms in total. The predicted octanol–water partition coefficient (Wildman–Crippen LogP) is 7.23. The second-order valence-corrected chi connectivity index (χ2v) is 13.2. The number of para-hydroxylation sites is 1. The van der Waals surface area contributed by atoms with E-state index in [0.717, 1.165) is 9.87 Å². The van der Waals surface area contributed by atoms with E-state index < -0.39 is 28.5 Å². The monoisotopic (exact) mass is 667 g/mol. The molecule has 0 aliphatic carbocycles. The molecule has 0 saturated carbocycles. The summed E-state index contributed by atoms with van der Waals surface area (Å²) in [6, 6.07) is 25.9. The zero-order chi connectivity index (χ0) is 32.6. The van der Waals surface area contributed by atoms with Crippen molar-refractivity contribution in [3.05, 3.63) is 118 Å². The van der Waals surface area contributed by atoms with Gasteiger partial charge in [0.1, 0.15) is 24.1 Å². The lowest BCUT2D eigenvalue weighted by molar-refractivity contribution is -0.139. The van der Waals surface area contributed by atoms with Gasteiger partial charge in [-0.3, -0.25) is 13.9 Å². The van der Waals surface area contributed by atoms with Crippen molar-refractivity contribution in [1.82, 2.24) is 10.2 Å². The summed E-state index contributed by atoms with van der Waals surface area (Å²) < 4.78 is 35.1. The molecule has 4 aromatic rings. The molecule has 236 valence electrons. The summed E-state index contributed by atoms with van der Waals surface area (Å²) in [5.74, 6) is 0.145. The fourth-order valence-corrected chi connectivity index (χ4v) is 6.37. The van der Waals surface area contributed by atoms with Crippen molar-refractivity contribution in [2.24, 2.45) is 0 Å². The van der Waals surface area contributed by atoms with Crippen molar-refractivity contribution in [3.63, 3.8) is 0 Å². The van der Waals surface area contributed by atoms with Gasteiger partial charge in [0.05, 0.1) is 10.6 Å². The topological polar surface area (TPSA) is 96.0 Å². The molecule has 4 aromatic carbocycles. The van der Waals surface area contributed by atoms with E-state index in [0.29, 0.717) is 40.1 Å². The molecule has 0 aliphatic rings. The van der Waals surface area contributed by atoms with Crippen LogP contribution < -0.4 is 14.4 Å². The minimum atomic E-state index is -4.22. The maximum atomic E-state index is 14.1. The van der Waals surface area contributed by atoms with Gasteiger partial charge in [-0.05, 0) is 86.5 Å². The van der Waals surface area contributed by atoms with Gasteiger partial charge in [-0.1, -0.05) is 72.1 Å². The Morgan fingerprint density at radius 3 is 2.16 bits per heavy atom. The average Bonchev–Trinajstić information content (AvgIpc) is 3.03. The van der Waals surface area contributed by atoms with E-state index in [1.54, 1.807) is 73.7 Å². The Balaban J connectivity index is 1.71. The van der Waals surface area contributed by atoms with Crippen molar-refractivity contribution in [2.45, 2.75) is 44.7 Å². The van der Waals surface area contributed by atoms with Gasteiger partial charge in [-0.25, -0.2) is 8.42 Å². The number of nitrogens with zero attached hydrogens (tertiary/aromatic N) is 2. The highest BCUT2D eigenvalue weighted by atomic mass is 35.5. The summed E-state index contributed by atoms with van der Waals surface area (Å²) in [7, 11) is -4.22. The Kier molecular flexibility index (Phi) is 11.5. The third kappa shape index (κ3) is 8.78. The zero-order valence-electron chi connectivity index (χ0n) is 25.2. The molecule has 0 radical (unpaired) electrons. The maximum Gasteiger partial charge on any atom is 0.264 e. The molecule has 0 fully saturated rings. The largest absolute Gasteiger partial charge is 0.457 e. The van der Waals surface area contributed by atoms with Crippen molar-refractivity contribution >= 4 is 50.7 Å². The number of anilines is 1. The first-order chi connectivity index (χ1) is 21.5. The molecule has 1 N–H and O–H groups in total. The highest BCUT2D eigenvalue weighted by molar-refractivity contribution is 7.92. The van der Waals surface area contributed by atoms with Crippen LogP contribution in [-0.4, -0.2) is 44.3 Å². The first-order valence-electron chi connectivity index (χ1n) is 14.4. The van der Waals surface area contributed by atoms with Crippen molar-refractivity contribution in [1.29, 1.82) is 0 Å². The van der Waals surface area contributed by atoms with Crippen molar-refractivity contribution in [2.75, 3.05) is 17.4 Å². The molecule has 4 rings (SSSR count). The first-order valence-corrected chi connectivity index (χ1v) is 16.6. The third-order valence-corrected chi connectivity index (χ3v) is 9.44. The number of nitrogens with one attached hydrogen (secondary N) is 1. The average molecular weight is 669 g/mol. The van der Waals surface area contributed by atoms with Crippen LogP contribution in [-0.2, 0) is 26.2 Å². The summed E-state index contributed by atoms with van der Waals surface area (Å²) in [5.41, 5.74) is 1.69. The SMILES string of the molecule is CCCNC(=O)[C@H](C)N(Cc1ccc(Cl)cc1Cl)C(=O)CN(c1ccc(Oc2ccccc2)cc1)S(=O)(=O)c1ccc(C)cc1. The lowest BCUT2D eigenvalue weighted by atomic mass is 10.1. The molecule has 0 bridgehead atoms. The van der Waals surface area contributed by atoms with Gasteiger partial charge < -0.3 is 15.0 Å². The maximum absolute atomic E-state index is 14.1. The van der Waals surface area contributed by atoms with Crippen LogP contribution in [0.3, 0.4) is 0 Å². The molecule has 0 spiro atoms. The molecular formula is C34H35Cl2N3O5S. The number of ether oxygens (including phenoxy) is 1. The van der Waals surface area contributed by atoms with E-state index in [1.807, 2.05) is 32.0 Å². The van der Waals surface area contributed by atoms with Gasteiger partial charge in [-0.2, -0.15) is 0 Å². The van der Waals surface area contributed by atoms with E-state index in [4.69, 9.17) is 27.9 Å². The van der Waals surface area contributed by atoms with Gasteiger partial charge in [-0.15, -0.1) is 0 Å². The molecule has 0 aromatic heterocycles. The number of hydrogen-bond donors (Lipinski definition) is 1. The van der Waals surface area contributed by atoms with Crippen LogP contribution in [0.4, 0.5) is 5.69 Å². The molecule has 2 amide bonds. The Bertz CT molecular complexity index is 1720. The number of carbonyl (C=O) groups is 2. The van der Waals surface area contributed by atoms with Gasteiger partial charge in [0.2, 0.25) is 11.8 Å². The normalized spacial score (nSPS) is 11.8. The second-order valence-electron chi connectivity index (χ2n) is 10.5. The molecule has 0 unspecified atom stereocenters. The van der Waals surface area contributed by atoms with Crippen molar-refractivity contribution < 1.29 is 22.7 Å². The standard InChI is InChI=1S/C34H35Cl2N3O5S/c1-4-20-37-34(41)25(3)38(22-26-12-13-27(35)21-32(26)36)33(40)23-39(45(42,43)31-18-10-24(2)11-19-31)28-14-16-30(17-15-28)44-29-8-6-5-7-9-29/h5-19,21,25H,4,20,22-23H2,1-3H3,(H,37,41)/t25-/m0/s1. The molecular weight excluding hydrogens is 633 g/mol.